The van der Waals surface area contributed by atoms with Crippen LogP contribution in [-0.4, -0.2) is 67.9 Å². The van der Waals surface area contributed by atoms with E-state index in [0.717, 1.165) is 4.68 Å². The van der Waals surface area contributed by atoms with Gasteiger partial charge in [-0.15, -0.1) is 0 Å². The van der Waals surface area contributed by atoms with Gasteiger partial charge < -0.3 is 9.47 Å². The van der Waals surface area contributed by atoms with Crippen LogP contribution in [0.5, 0.6) is 11.5 Å². The predicted octanol–water partition coefficient (Wildman–Crippen LogP) is -0.360. The molecule has 8 radical (unpaired) electrons. The number of anilines is 1. The Labute approximate surface area is 199 Å². The lowest BCUT2D eigenvalue weighted by Gasteiger charge is -2.38. The summed E-state index contributed by atoms with van der Waals surface area (Å²) in [6, 6.07) is 7.51. The number of hydrogen-bond donors (Lipinski definition) is 0. The average molecular weight is 451 g/mol. The van der Waals surface area contributed by atoms with E-state index in [1.165, 1.54) is 42.5 Å². The Morgan fingerprint density at radius 1 is 1.06 bits per heavy atom. The molecule has 4 heterocycles. The highest BCUT2D eigenvalue weighted by Crippen LogP contribution is 2.28. The third-order valence-electron chi connectivity index (χ3n) is 5.01. The van der Waals surface area contributed by atoms with E-state index >= 15 is 0 Å². The Morgan fingerprint density at radius 2 is 1.79 bits per heavy atom. The number of carbonyl (C=O) groups is 1. The van der Waals surface area contributed by atoms with Crippen LogP contribution < -0.4 is 19.9 Å². The molecule has 1 aliphatic heterocycles. The van der Waals surface area contributed by atoms with Crippen LogP contribution >= 0.6 is 0 Å². The van der Waals surface area contributed by atoms with Gasteiger partial charge in [-0.2, -0.15) is 5.10 Å². The maximum Gasteiger partial charge on any atom is 0.278 e. The molecule has 14 heteroatoms. The molecule has 3 aromatic heterocycles. The molecule has 1 aliphatic rings. The van der Waals surface area contributed by atoms with Crippen LogP contribution in [0.15, 0.2) is 47.5 Å². The van der Waals surface area contributed by atoms with Gasteiger partial charge in [0.05, 0.1) is 30.1 Å². The number of nitrogens with zero attached hydrogens (tertiary/aromatic N) is 5. The minimum Gasteiger partial charge on any atom is -0.504 e. The highest BCUT2D eigenvalue weighted by Gasteiger charge is 2.36. The van der Waals surface area contributed by atoms with E-state index in [1.807, 2.05) is 0 Å². The van der Waals surface area contributed by atoms with Crippen molar-refractivity contribution in [1.29, 1.82) is 0 Å². The molecule has 0 spiro atoms. The molecule has 3 aromatic rings. The molecule has 0 saturated carbocycles. The largest absolute Gasteiger partial charge is 0.504 e. The first kappa shape index (κ1) is 23.6. The SMILES string of the molecule is [B]C([B])(F)C([B])([B])Oc1ccc(COc2cnc3c(c2)CN(c2ccc(=O)n(C)n2)C3=O)nc1. The summed E-state index contributed by atoms with van der Waals surface area (Å²) in [4.78, 5) is 34.0. The van der Waals surface area contributed by atoms with Crippen LogP contribution in [0.1, 0.15) is 21.7 Å². The standard InChI is InChI=1S/C20H14B4FN5O4/c1-29-16(31)5-4-15(28-29)30-9-11-6-14(8-27-17(11)18(30)32)33-10-12-2-3-13(7-26-12)34-20(23,24)19(21,22)25/h2-8H,9-10H2,1H3. The second-order valence-electron chi connectivity index (χ2n) is 7.66. The zero-order valence-corrected chi connectivity index (χ0v) is 18.0. The Kier molecular flexibility index (Phi) is 6.01. The van der Waals surface area contributed by atoms with Gasteiger partial charge in [-0.1, -0.05) is 0 Å². The number of rotatable bonds is 7. The van der Waals surface area contributed by atoms with Gasteiger partial charge >= 0.3 is 0 Å². The number of fused-ring (bicyclic) bond motifs is 1. The van der Waals surface area contributed by atoms with Crippen LogP contribution in [0, 0.1) is 0 Å². The zero-order chi connectivity index (χ0) is 24.7. The maximum absolute atomic E-state index is 13.6. The highest BCUT2D eigenvalue weighted by molar-refractivity contribution is 6.53. The summed E-state index contributed by atoms with van der Waals surface area (Å²) in [6.07, 6.45) is 2.68. The van der Waals surface area contributed by atoms with Crippen molar-refractivity contribution < 1.29 is 18.7 Å². The van der Waals surface area contributed by atoms with Crippen molar-refractivity contribution in [3.05, 3.63) is 70.0 Å². The molecule has 9 nitrogen and oxygen atoms in total. The number of amides is 1. The molecule has 0 aromatic carbocycles. The smallest absolute Gasteiger partial charge is 0.278 e. The number of ether oxygens (including phenoxy) is 2. The van der Waals surface area contributed by atoms with Gasteiger partial charge in [0.2, 0.25) is 0 Å². The first-order chi connectivity index (χ1) is 15.9. The molecule has 0 saturated heterocycles. The maximum atomic E-state index is 13.6. The number of hydrogen-bond acceptors (Lipinski definition) is 7. The fraction of sp³-hybridized carbons (Fsp3) is 0.250. The summed E-state index contributed by atoms with van der Waals surface area (Å²) in [5.74, 6) is 0.484. The quantitative estimate of drug-likeness (QED) is 0.453. The lowest BCUT2D eigenvalue weighted by Crippen LogP contribution is -2.57. The summed E-state index contributed by atoms with van der Waals surface area (Å²) in [5.41, 5.74) is -1.82. The molecule has 0 aliphatic carbocycles. The zero-order valence-electron chi connectivity index (χ0n) is 18.0. The van der Waals surface area contributed by atoms with Crippen LogP contribution in [0.25, 0.3) is 0 Å². The van der Waals surface area contributed by atoms with Crippen molar-refractivity contribution in [3.8, 4) is 11.5 Å². The van der Waals surface area contributed by atoms with Crippen molar-refractivity contribution in [1.82, 2.24) is 19.7 Å². The molecular formula is C20H14B4FN5O4. The number of pyridine rings is 2. The number of alkyl halides is 1. The first-order valence-corrected chi connectivity index (χ1v) is 9.91. The molecule has 0 unspecified atom stereocenters. The Balaban J connectivity index is 1.41. The third kappa shape index (κ3) is 4.71. The molecule has 34 heavy (non-hydrogen) atoms. The number of aromatic nitrogens is 4. The second-order valence-corrected chi connectivity index (χ2v) is 7.66. The highest BCUT2D eigenvalue weighted by atomic mass is 19.1. The van der Waals surface area contributed by atoms with Crippen LogP contribution in [0.2, 0.25) is 0 Å². The summed E-state index contributed by atoms with van der Waals surface area (Å²) < 4.78 is 25.5. The van der Waals surface area contributed by atoms with E-state index in [9.17, 15) is 14.0 Å². The summed E-state index contributed by atoms with van der Waals surface area (Å²) in [7, 11) is 22.5. The van der Waals surface area contributed by atoms with Crippen molar-refractivity contribution >= 4 is 43.1 Å². The topological polar surface area (TPSA) is 99.4 Å². The molecule has 0 fully saturated rings. The van der Waals surface area contributed by atoms with Crippen molar-refractivity contribution in [3.63, 3.8) is 0 Å². The van der Waals surface area contributed by atoms with Gasteiger partial charge in [0, 0.05) is 24.1 Å². The second kappa shape index (κ2) is 8.66. The average Bonchev–Trinajstić information content (AvgIpc) is 3.10. The van der Waals surface area contributed by atoms with Gasteiger partial charge in [0.1, 0.15) is 55.2 Å². The van der Waals surface area contributed by atoms with Crippen LogP contribution in [-0.2, 0) is 20.2 Å². The van der Waals surface area contributed by atoms with E-state index in [4.69, 9.17) is 40.9 Å². The predicted molar refractivity (Wildman–Crippen MR) is 123 cm³/mol. The monoisotopic (exact) mass is 451 g/mol. The van der Waals surface area contributed by atoms with Gasteiger partial charge in [0.25, 0.3) is 11.5 Å². The van der Waals surface area contributed by atoms with Crippen LogP contribution in [0.4, 0.5) is 10.2 Å². The lowest BCUT2D eigenvalue weighted by molar-refractivity contribution is 0.0991. The molecule has 0 atom stereocenters. The van der Waals surface area contributed by atoms with E-state index in [0.29, 0.717) is 22.8 Å². The summed E-state index contributed by atoms with van der Waals surface area (Å²) in [5, 5.41) is 1.65. The minimum absolute atomic E-state index is 0.0523. The fourth-order valence-electron chi connectivity index (χ4n) is 3.06. The van der Waals surface area contributed by atoms with Crippen LogP contribution in [0.3, 0.4) is 0 Å². The molecule has 1 amide bonds. The number of halogens is 1. The Bertz CT molecular complexity index is 1300. The van der Waals surface area contributed by atoms with Gasteiger partial charge in [-0.25, -0.2) is 9.67 Å². The van der Waals surface area contributed by atoms with Gasteiger partial charge in [-0.3, -0.25) is 23.9 Å². The summed E-state index contributed by atoms with van der Waals surface area (Å²) >= 11 is 0. The van der Waals surface area contributed by atoms with Gasteiger partial charge in [-0.05, 0) is 24.3 Å². The van der Waals surface area contributed by atoms with Crippen molar-refractivity contribution in [2.75, 3.05) is 4.90 Å². The van der Waals surface area contributed by atoms with Crippen molar-refractivity contribution in [2.45, 2.75) is 24.0 Å². The third-order valence-corrected chi connectivity index (χ3v) is 5.01. The van der Waals surface area contributed by atoms with E-state index < -0.39 is 10.9 Å². The van der Waals surface area contributed by atoms with E-state index in [-0.39, 0.29) is 36.1 Å². The Hall–Kier alpha value is -3.56. The van der Waals surface area contributed by atoms with E-state index in [2.05, 4.69) is 15.1 Å². The van der Waals surface area contributed by atoms with Gasteiger partial charge in [0.15, 0.2) is 5.82 Å². The summed E-state index contributed by atoms with van der Waals surface area (Å²) in [6.45, 7) is 0.296. The number of carbonyl (C=O) groups excluding carboxylic acids is 1. The molecule has 0 N–H and O–H groups in total. The Morgan fingerprint density at radius 3 is 2.44 bits per heavy atom. The van der Waals surface area contributed by atoms with Crippen molar-refractivity contribution in [2.24, 2.45) is 7.05 Å². The molecular weight excluding hydrogens is 436 g/mol. The minimum atomic E-state index is -2.97. The molecule has 162 valence electrons. The lowest BCUT2D eigenvalue weighted by atomic mass is 9.43. The first-order valence-electron chi connectivity index (χ1n) is 9.91. The normalized spacial score (nSPS) is 13.6. The number of aryl methyl sites for hydroxylation is 1. The molecule has 0 bridgehead atoms. The van der Waals surface area contributed by atoms with E-state index in [1.54, 1.807) is 12.1 Å². The molecule has 4 rings (SSSR count). The fourth-order valence-corrected chi connectivity index (χ4v) is 3.06.